The maximum atomic E-state index is 9.37. The highest BCUT2D eigenvalue weighted by atomic mass is 32.1. The van der Waals surface area contributed by atoms with E-state index in [9.17, 15) is 5.26 Å². The van der Waals surface area contributed by atoms with Gasteiger partial charge in [0.1, 0.15) is 10.7 Å². The molecule has 0 aromatic carbocycles. The fourth-order valence-corrected chi connectivity index (χ4v) is 3.81. The van der Waals surface area contributed by atoms with Crippen molar-refractivity contribution in [2.75, 3.05) is 0 Å². The van der Waals surface area contributed by atoms with Gasteiger partial charge in [-0.2, -0.15) is 5.26 Å². The van der Waals surface area contributed by atoms with Crippen molar-refractivity contribution in [3.8, 4) is 16.5 Å². The van der Waals surface area contributed by atoms with Crippen LogP contribution in [0, 0.1) is 22.9 Å². The van der Waals surface area contributed by atoms with Crippen LogP contribution in [-0.2, 0) is 12.8 Å². The molecule has 18 heavy (non-hydrogen) atoms. The molecule has 2 nitrogen and oxygen atoms in total. The van der Waals surface area contributed by atoms with Crippen molar-refractivity contribution >= 4 is 23.6 Å². The maximum absolute atomic E-state index is 9.37. The summed E-state index contributed by atoms with van der Waals surface area (Å²) < 4.78 is 0.583. The van der Waals surface area contributed by atoms with Crippen LogP contribution in [0.5, 0.6) is 0 Å². The summed E-state index contributed by atoms with van der Waals surface area (Å²) in [5.74, 6) is 0. The van der Waals surface area contributed by atoms with Gasteiger partial charge in [-0.3, -0.25) is 0 Å². The van der Waals surface area contributed by atoms with Crippen LogP contribution in [-0.4, -0.2) is 4.98 Å². The zero-order valence-corrected chi connectivity index (χ0v) is 11.7. The number of nitrogens with one attached hydrogen (secondary N) is 1. The van der Waals surface area contributed by atoms with Crippen LogP contribution in [0.15, 0.2) is 11.4 Å². The minimum atomic E-state index is 0.583. The minimum absolute atomic E-state index is 0.583. The van der Waals surface area contributed by atoms with Gasteiger partial charge in [0.15, 0.2) is 0 Å². The van der Waals surface area contributed by atoms with Gasteiger partial charge >= 0.3 is 0 Å². The molecule has 0 spiro atoms. The van der Waals surface area contributed by atoms with E-state index in [1.807, 2.05) is 0 Å². The summed E-state index contributed by atoms with van der Waals surface area (Å²) in [6, 6.07) is 4.42. The van der Waals surface area contributed by atoms with Gasteiger partial charge in [0, 0.05) is 16.1 Å². The number of fused-ring (bicyclic) bond motifs is 1. The normalized spacial score (nSPS) is 13.3. The van der Waals surface area contributed by atoms with E-state index in [1.54, 1.807) is 11.3 Å². The second-order valence-electron chi connectivity index (χ2n) is 4.61. The van der Waals surface area contributed by atoms with Crippen LogP contribution in [0.4, 0.5) is 0 Å². The first-order valence-corrected chi connectivity index (χ1v) is 7.23. The quantitative estimate of drug-likeness (QED) is 0.792. The predicted molar refractivity (Wildman–Crippen MR) is 76.4 cm³/mol. The van der Waals surface area contributed by atoms with E-state index in [0.717, 1.165) is 24.8 Å². The van der Waals surface area contributed by atoms with Gasteiger partial charge in [-0.05, 0) is 48.8 Å². The zero-order valence-electron chi connectivity index (χ0n) is 10.0. The molecule has 3 rings (SSSR count). The molecule has 1 aliphatic rings. The first-order chi connectivity index (χ1) is 8.70. The Morgan fingerprint density at radius 2 is 2.28 bits per heavy atom. The van der Waals surface area contributed by atoms with Crippen LogP contribution in [0.1, 0.15) is 28.8 Å². The summed E-state index contributed by atoms with van der Waals surface area (Å²) in [5, 5.41) is 11.5. The maximum Gasteiger partial charge on any atom is 0.122 e. The van der Waals surface area contributed by atoms with Crippen molar-refractivity contribution < 1.29 is 0 Å². The van der Waals surface area contributed by atoms with Crippen molar-refractivity contribution in [1.82, 2.24) is 4.98 Å². The SMILES string of the molecule is Cc1csc(-c2c3c([nH]c(=S)c2C#N)CCC3)c1. The Morgan fingerprint density at radius 1 is 1.44 bits per heavy atom. The number of thiophene rings is 1. The summed E-state index contributed by atoms with van der Waals surface area (Å²) in [4.78, 5) is 4.39. The van der Waals surface area contributed by atoms with Gasteiger partial charge in [0.05, 0.1) is 5.56 Å². The minimum Gasteiger partial charge on any atom is -0.349 e. The van der Waals surface area contributed by atoms with E-state index < -0.39 is 0 Å². The Morgan fingerprint density at radius 3 is 2.94 bits per heavy atom. The first kappa shape index (κ1) is 11.6. The molecule has 90 valence electrons. The number of aromatic amines is 1. The number of nitrogens with zero attached hydrogens (tertiary/aromatic N) is 1. The third-order valence-electron chi connectivity index (χ3n) is 3.35. The summed E-state index contributed by atoms with van der Waals surface area (Å²) >= 11 is 7.01. The largest absolute Gasteiger partial charge is 0.349 e. The Labute approximate surface area is 115 Å². The van der Waals surface area contributed by atoms with E-state index in [1.165, 1.54) is 21.7 Å². The van der Waals surface area contributed by atoms with Crippen molar-refractivity contribution in [2.45, 2.75) is 26.2 Å². The van der Waals surface area contributed by atoms with E-state index in [4.69, 9.17) is 12.2 Å². The molecule has 4 heteroatoms. The number of pyridine rings is 1. The molecule has 0 aliphatic heterocycles. The second kappa shape index (κ2) is 4.34. The van der Waals surface area contributed by atoms with Crippen LogP contribution in [0.2, 0.25) is 0 Å². The highest BCUT2D eigenvalue weighted by Crippen LogP contribution is 2.37. The van der Waals surface area contributed by atoms with Crippen molar-refractivity contribution in [2.24, 2.45) is 0 Å². The Balaban J connectivity index is 2.37. The van der Waals surface area contributed by atoms with Crippen LogP contribution in [0.3, 0.4) is 0 Å². The van der Waals surface area contributed by atoms with Crippen LogP contribution < -0.4 is 0 Å². The number of H-pyrrole nitrogens is 1. The molecule has 0 bridgehead atoms. The molecule has 0 saturated carbocycles. The summed E-state index contributed by atoms with van der Waals surface area (Å²) in [6.45, 7) is 2.08. The van der Waals surface area contributed by atoms with Gasteiger partial charge in [0.25, 0.3) is 0 Å². The second-order valence-corrected chi connectivity index (χ2v) is 5.93. The van der Waals surface area contributed by atoms with E-state index in [2.05, 4.69) is 29.4 Å². The molecule has 1 aliphatic carbocycles. The van der Waals surface area contributed by atoms with Gasteiger partial charge < -0.3 is 4.98 Å². The summed E-state index contributed by atoms with van der Waals surface area (Å²) in [6.07, 6.45) is 3.23. The number of hydrogen-bond acceptors (Lipinski definition) is 3. The third-order valence-corrected chi connectivity index (χ3v) is 4.72. The number of aryl methyl sites for hydroxylation is 2. The zero-order chi connectivity index (χ0) is 12.7. The lowest BCUT2D eigenvalue weighted by molar-refractivity contribution is 0.899. The Hall–Kier alpha value is -1.44. The van der Waals surface area contributed by atoms with Gasteiger partial charge in [-0.1, -0.05) is 12.2 Å². The van der Waals surface area contributed by atoms with Gasteiger partial charge in [-0.25, -0.2) is 0 Å². The highest BCUT2D eigenvalue weighted by molar-refractivity contribution is 7.71. The van der Waals surface area contributed by atoms with Gasteiger partial charge in [0.2, 0.25) is 0 Å². The number of rotatable bonds is 1. The van der Waals surface area contributed by atoms with Crippen molar-refractivity contribution in [3.05, 3.63) is 38.5 Å². The predicted octanol–water partition coefficient (Wildman–Crippen LogP) is 4.14. The summed E-state index contributed by atoms with van der Waals surface area (Å²) in [7, 11) is 0. The standard InChI is InChI=1S/C14H12N2S2/c1-8-5-12(18-7-8)13-9-3-2-4-11(9)16-14(17)10(13)6-15/h5,7H,2-4H2,1H3,(H,16,17). The Kier molecular flexibility index (Phi) is 2.81. The number of hydrogen-bond donors (Lipinski definition) is 1. The molecular formula is C14H12N2S2. The van der Waals surface area contributed by atoms with Crippen molar-refractivity contribution in [1.29, 1.82) is 5.26 Å². The fourth-order valence-electron chi connectivity index (χ4n) is 2.56. The molecule has 0 unspecified atom stereocenters. The average Bonchev–Trinajstić information content (AvgIpc) is 2.95. The van der Waals surface area contributed by atoms with Crippen molar-refractivity contribution in [3.63, 3.8) is 0 Å². The molecule has 1 N–H and O–H groups in total. The monoisotopic (exact) mass is 272 g/mol. The van der Waals surface area contributed by atoms with Gasteiger partial charge in [-0.15, -0.1) is 11.3 Å². The molecule has 0 amide bonds. The molecule has 0 saturated heterocycles. The topological polar surface area (TPSA) is 39.6 Å². The molecule has 0 atom stereocenters. The van der Waals surface area contributed by atoms with Crippen LogP contribution in [0.25, 0.3) is 10.4 Å². The third kappa shape index (κ3) is 1.71. The average molecular weight is 272 g/mol. The fraction of sp³-hybridized carbons (Fsp3) is 0.286. The molecule has 0 radical (unpaired) electrons. The molecule has 2 heterocycles. The smallest absolute Gasteiger partial charge is 0.122 e. The van der Waals surface area contributed by atoms with E-state index >= 15 is 0 Å². The Bertz CT molecular complexity index is 716. The highest BCUT2D eigenvalue weighted by Gasteiger charge is 2.21. The van der Waals surface area contributed by atoms with E-state index in [0.29, 0.717) is 10.2 Å². The van der Waals surface area contributed by atoms with Crippen LogP contribution >= 0.6 is 23.6 Å². The molecule has 2 aromatic heterocycles. The summed E-state index contributed by atoms with van der Waals surface area (Å²) in [5.41, 5.74) is 5.46. The number of aromatic nitrogens is 1. The lowest BCUT2D eigenvalue weighted by atomic mass is 10.0. The van der Waals surface area contributed by atoms with E-state index in [-0.39, 0.29) is 0 Å². The molecular weight excluding hydrogens is 260 g/mol. The number of nitriles is 1. The molecule has 2 aromatic rings. The lowest BCUT2D eigenvalue weighted by Crippen LogP contribution is -1.97. The lowest BCUT2D eigenvalue weighted by Gasteiger charge is -2.09. The molecule has 0 fully saturated rings. The first-order valence-electron chi connectivity index (χ1n) is 5.94.